The molecule has 0 amide bonds. The van der Waals surface area contributed by atoms with E-state index in [9.17, 15) is 0 Å². The molecule has 1 spiro atoms. The summed E-state index contributed by atoms with van der Waals surface area (Å²) in [6.45, 7) is 0.754. The second-order valence-electron chi connectivity index (χ2n) is 6.75. The smallest absolute Gasteiger partial charge is 0.219 e. The first-order chi connectivity index (χ1) is 12.7. The van der Waals surface area contributed by atoms with Crippen molar-refractivity contribution in [2.75, 3.05) is 17.7 Å². The highest BCUT2D eigenvalue weighted by atomic mass is 16.5. The number of rotatable bonds is 4. The van der Waals surface area contributed by atoms with Gasteiger partial charge >= 0.3 is 0 Å². The maximum atomic E-state index is 6.07. The molecule has 0 atom stereocenters. The molecule has 3 heterocycles. The molecule has 1 saturated carbocycles. The number of nitrogen functional groups attached to an aromatic ring is 1. The third-order valence-electron chi connectivity index (χ3n) is 4.93. The van der Waals surface area contributed by atoms with Gasteiger partial charge < -0.3 is 20.5 Å². The summed E-state index contributed by atoms with van der Waals surface area (Å²) in [6.07, 6.45) is 5.70. The zero-order valence-corrected chi connectivity index (χ0v) is 14.1. The molecule has 1 aliphatic heterocycles. The lowest BCUT2D eigenvalue weighted by Crippen LogP contribution is -2.08. The topological polar surface area (TPSA) is 82.3 Å². The molecule has 0 bridgehead atoms. The van der Waals surface area contributed by atoms with Gasteiger partial charge in [0.1, 0.15) is 11.5 Å². The number of anilines is 3. The van der Waals surface area contributed by atoms with Crippen LogP contribution in [0.5, 0.6) is 17.4 Å². The lowest BCUT2D eigenvalue weighted by atomic mass is 9.97. The summed E-state index contributed by atoms with van der Waals surface area (Å²) in [4.78, 5) is 8.62. The zero-order valence-electron chi connectivity index (χ0n) is 14.1. The number of nitrogens with two attached hydrogens (primary N) is 1. The average molecular weight is 346 g/mol. The van der Waals surface area contributed by atoms with Crippen LogP contribution in [0.2, 0.25) is 0 Å². The van der Waals surface area contributed by atoms with Crippen molar-refractivity contribution >= 4 is 17.2 Å². The van der Waals surface area contributed by atoms with Gasteiger partial charge in [0.05, 0.1) is 24.2 Å². The molecular formula is C20H18N4O2. The normalized spacial score (nSPS) is 16.0. The van der Waals surface area contributed by atoms with E-state index < -0.39 is 0 Å². The second kappa shape index (κ2) is 5.62. The standard InChI is InChI=1S/C20H18N4O2/c21-14-3-2-10-22-19(14)24-13-6-7-17(23-11-13)26-16-5-1-4-15-18(16)20(8-9-20)12-25-15/h1-7,10-11H,8-9,12,21H2,(H,22,24). The molecule has 0 radical (unpaired) electrons. The van der Waals surface area contributed by atoms with Gasteiger partial charge in [0.25, 0.3) is 0 Å². The van der Waals surface area contributed by atoms with Crippen molar-refractivity contribution < 1.29 is 9.47 Å². The maximum absolute atomic E-state index is 6.07. The van der Waals surface area contributed by atoms with E-state index in [1.807, 2.05) is 30.3 Å². The number of fused-ring (bicyclic) bond motifs is 2. The molecule has 1 aliphatic carbocycles. The van der Waals surface area contributed by atoms with Crippen molar-refractivity contribution in [2.45, 2.75) is 18.3 Å². The first kappa shape index (κ1) is 15.0. The van der Waals surface area contributed by atoms with Crippen LogP contribution in [0.15, 0.2) is 54.9 Å². The van der Waals surface area contributed by atoms with Gasteiger partial charge in [-0.15, -0.1) is 0 Å². The number of nitrogens with zero attached hydrogens (tertiary/aromatic N) is 2. The highest BCUT2D eigenvalue weighted by Gasteiger charge is 2.52. The monoisotopic (exact) mass is 346 g/mol. The van der Waals surface area contributed by atoms with E-state index in [0.717, 1.165) is 36.6 Å². The highest BCUT2D eigenvalue weighted by Crippen LogP contribution is 2.58. The quantitative estimate of drug-likeness (QED) is 0.742. The largest absolute Gasteiger partial charge is 0.492 e. The van der Waals surface area contributed by atoms with Gasteiger partial charge in [0.2, 0.25) is 5.88 Å². The molecule has 6 nitrogen and oxygen atoms in total. The van der Waals surface area contributed by atoms with Gasteiger partial charge in [-0.25, -0.2) is 9.97 Å². The summed E-state index contributed by atoms with van der Waals surface area (Å²) in [6, 6.07) is 13.3. The van der Waals surface area contributed by atoms with E-state index in [4.69, 9.17) is 15.2 Å². The predicted molar refractivity (Wildman–Crippen MR) is 99.1 cm³/mol. The van der Waals surface area contributed by atoms with Crippen LogP contribution in [0.25, 0.3) is 0 Å². The fourth-order valence-corrected chi connectivity index (χ4v) is 3.36. The molecule has 5 rings (SSSR count). The molecule has 3 N–H and O–H groups in total. The molecule has 130 valence electrons. The minimum atomic E-state index is 0.157. The molecule has 0 saturated heterocycles. The van der Waals surface area contributed by atoms with E-state index in [1.165, 1.54) is 5.56 Å². The van der Waals surface area contributed by atoms with Crippen molar-refractivity contribution in [3.63, 3.8) is 0 Å². The summed E-state index contributed by atoms with van der Waals surface area (Å²) in [5, 5.41) is 3.15. The third kappa shape index (κ3) is 2.50. The van der Waals surface area contributed by atoms with E-state index in [1.54, 1.807) is 24.5 Å². The lowest BCUT2D eigenvalue weighted by molar-refractivity contribution is 0.323. The number of benzene rings is 1. The number of hydrogen-bond donors (Lipinski definition) is 2. The molecule has 2 aromatic heterocycles. The third-order valence-corrected chi connectivity index (χ3v) is 4.93. The Morgan fingerprint density at radius 2 is 2.00 bits per heavy atom. The molecule has 1 aromatic carbocycles. The van der Waals surface area contributed by atoms with Crippen LogP contribution in [-0.2, 0) is 5.41 Å². The molecule has 0 unspecified atom stereocenters. The van der Waals surface area contributed by atoms with Crippen LogP contribution in [-0.4, -0.2) is 16.6 Å². The van der Waals surface area contributed by atoms with Gasteiger partial charge in [-0.05, 0) is 43.2 Å². The number of aromatic nitrogens is 2. The van der Waals surface area contributed by atoms with Gasteiger partial charge in [-0.2, -0.15) is 0 Å². The van der Waals surface area contributed by atoms with Crippen molar-refractivity contribution in [1.29, 1.82) is 0 Å². The summed E-state index contributed by atoms with van der Waals surface area (Å²) in [5.74, 6) is 2.92. The highest BCUT2D eigenvalue weighted by molar-refractivity contribution is 5.67. The van der Waals surface area contributed by atoms with E-state index >= 15 is 0 Å². The summed E-state index contributed by atoms with van der Waals surface area (Å²) >= 11 is 0. The number of nitrogens with one attached hydrogen (secondary N) is 1. The van der Waals surface area contributed by atoms with Gasteiger partial charge in [-0.3, -0.25) is 0 Å². The van der Waals surface area contributed by atoms with E-state index in [2.05, 4.69) is 15.3 Å². The van der Waals surface area contributed by atoms with Gasteiger partial charge in [0, 0.05) is 23.2 Å². The molecule has 6 heteroatoms. The molecule has 1 fully saturated rings. The van der Waals surface area contributed by atoms with Crippen LogP contribution in [0.3, 0.4) is 0 Å². The Kier molecular flexibility index (Phi) is 3.25. The van der Waals surface area contributed by atoms with E-state index in [-0.39, 0.29) is 5.41 Å². The lowest BCUT2D eigenvalue weighted by Gasteiger charge is -2.13. The van der Waals surface area contributed by atoms with Crippen molar-refractivity contribution in [3.8, 4) is 17.4 Å². The Bertz CT molecular complexity index is 968. The van der Waals surface area contributed by atoms with Crippen LogP contribution in [0, 0.1) is 0 Å². The predicted octanol–water partition coefficient (Wildman–Crippen LogP) is 4.02. The Hall–Kier alpha value is -3.28. The Balaban J connectivity index is 1.37. The van der Waals surface area contributed by atoms with Crippen molar-refractivity contribution in [2.24, 2.45) is 0 Å². The van der Waals surface area contributed by atoms with Crippen LogP contribution in [0.1, 0.15) is 18.4 Å². The fraction of sp³-hybridized carbons (Fsp3) is 0.200. The molecule has 26 heavy (non-hydrogen) atoms. The average Bonchev–Trinajstić information content (AvgIpc) is 3.34. The minimum Gasteiger partial charge on any atom is -0.492 e. The Morgan fingerprint density at radius 1 is 1.08 bits per heavy atom. The SMILES string of the molecule is Nc1cccnc1Nc1ccc(Oc2cccc3c2C2(CC2)CO3)nc1. The van der Waals surface area contributed by atoms with Crippen molar-refractivity contribution in [3.05, 3.63) is 60.4 Å². The van der Waals surface area contributed by atoms with Crippen LogP contribution >= 0.6 is 0 Å². The summed E-state index contributed by atoms with van der Waals surface area (Å²) in [5.41, 5.74) is 8.62. The van der Waals surface area contributed by atoms with Crippen LogP contribution < -0.4 is 20.5 Å². The summed E-state index contributed by atoms with van der Waals surface area (Å²) in [7, 11) is 0. The Labute approximate surface area is 151 Å². The van der Waals surface area contributed by atoms with Gasteiger partial charge in [0.15, 0.2) is 5.82 Å². The number of ether oxygens (including phenoxy) is 2. The summed E-state index contributed by atoms with van der Waals surface area (Å²) < 4.78 is 11.9. The van der Waals surface area contributed by atoms with Crippen molar-refractivity contribution in [1.82, 2.24) is 9.97 Å². The minimum absolute atomic E-state index is 0.157. The van der Waals surface area contributed by atoms with Gasteiger partial charge in [-0.1, -0.05) is 6.07 Å². The number of pyridine rings is 2. The molecule has 2 aliphatic rings. The first-order valence-electron chi connectivity index (χ1n) is 8.61. The maximum Gasteiger partial charge on any atom is 0.219 e. The fourth-order valence-electron chi connectivity index (χ4n) is 3.36. The molecule has 3 aromatic rings. The molecular weight excluding hydrogens is 328 g/mol. The van der Waals surface area contributed by atoms with E-state index in [0.29, 0.717) is 17.4 Å². The second-order valence-corrected chi connectivity index (χ2v) is 6.75. The number of hydrogen-bond acceptors (Lipinski definition) is 6. The first-order valence-corrected chi connectivity index (χ1v) is 8.61. The Morgan fingerprint density at radius 3 is 2.77 bits per heavy atom. The van der Waals surface area contributed by atoms with Crippen LogP contribution in [0.4, 0.5) is 17.2 Å². The zero-order chi connectivity index (χ0) is 17.6.